The number of piperazine rings is 1. The highest BCUT2D eigenvalue weighted by atomic mass is 16.5. The number of hydrogen-bond acceptors (Lipinski definition) is 5. The Morgan fingerprint density at radius 3 is 2.86 bits per heavy atom. The SMILES string of the molecule is CN1CCN([C@H]2COC[C@@H]2NC(=O)Cc2ccccn2)CC1. The summed E-state index contributed by atoms with van der Waals surface area (Å²) < 4.78 is 5.62. The lowest BCUT2D eigenvalue weighted by atomic mass is 10.1. The lowest BCUT2D eigenvalue weighted by molar-refractivity contribution is -0.121. The predicted octanol–water partition coefficient (Wildman–Crippen LogP) is -0.245. The van der Waals surface area contributed by atoms with Crippen LogP contribution in [0.5, 0.6) is 0 Å². The zero-order chi connectivity index (χ0) is 15.4. The molecule has 120 valence electrons. The first-order chi connectivity index (χ1) is 10.7. The fraction of sp³-hybridized carbons (Fsp3) is 0.625. The maximum atomic E-state index is 12.2. The Kier molecular flexibility index (Phi) is 5.02. The van der Waals surface area contributed by atoms with E-state index in [9.17, 15) is 4.79 Å². The molecule has 22 heavy (non-hydrogen) atoms. The maximum Gasteiger partial charge on any atom is 0.226 e. The van der Waals surface area contributed by atoms with Crippen molar-refractivity contribution in [2.24, 2.45) is 0 Å². The molecular weight excluding hydrogens is 280 g/mol. The van der Waals surface area contributed by atoms with E-state index in [1.165, 1.54) is 0 Å². The minimum Gasteiger partial charge on any atom is -0.378 e. The van der Waals surface area contributed by atoms with Crippen molar-refractivity contribution in [2.75, 3.05) is 46.4 Å². The Bertz CT molecular complexity index is 488. The van der Waals surface area contributed by atoms with Gasteiger partial charge in [-0.15, -0.1) is 0 Å². The van der Waals surface area contributed by atoms with E-state index < -0.39 is 0 Å². The van der Waals surface area contributed by atoms with Gasteiger partial charge in [-0.2, -0.15) is 0 Å². The second kappa shape index (κ2) is 7.17. The van der Waals surface area contributed by atoms with E-state index in [0.29, 0.717) is 25.7 Å². The van der Waals surface area contributed by atoms with Crippen LogP contribution >= 0.6 is 0 Å². The Morgan fingerprint density at radius 2 is 2.14 bits per heavy atom. The van der Waals surface area contributed by atoms with Gasteiger partial charge in [0.05, 0.1) is 31.7 Å². The standard InChI is InChI=1S/C16H24N4O2/c1-19-6-8-20(9-7-19)15-12-22-11-14(15)18-16(21)10-13-4-2-3-5-17-13/h2-5,14-15H,6-12H2,1H3,(H,18,21)/t14-,15-/m0/s1. The molecule has 0 unspecified atom stereocenters. The second-order valence-electron chi connectivity index (χ2n) is 6.12. The summed E-state index contributed by atoms with van der Waals surface area (Å²) in [4.78, 5) is 21.2. The molecule has 1 aromatic heterocycles. The van der Waals surface area contributed by atoms with E-state index in [-0.39, 0.29) is 11.9 Å². The third-order valence-electron chi connectivity index (χ3n) is 4.47. The van der Waals surface area contributed by atoms with E-state index in [1.807, 2.05) is 18.2 Å². The van der Waals surface area contributed by atoms with Gasteiger partial charge in [0, 0.05) is 38.1 Å². The average molecular weight is 304 g/mol. The molecule has 6 heteroatoms. The van der Waals surface area contributed by atoms with Gasteiger partial charge in [-0.25, -0.2) is 0 Å². The highest BCUT2D eigenvalue weighted by molar-refractivity contribution is 5.78. The Balaban J connectivity index is 1.53. The first kappa shape index (κ1) is 15.4. The maximum absolute atomic E-state index is 12.2. The molecule has 3 rings (SSSR count). The Hall–Kier alpha value is -1.50. The van der Waals surface area contributed by atoms with E-state index in [4.69, 9.17) is 4.74 Å². The van der Waals surface area contributed by atoms with Crippen molar-refractivity contribution in [3.8, 4) is 0 Å². The zero-order valence-electron chi connectivity index (χ0n) is 13.1. The number of carbonyl (C=O) groups excluding carboxylic acids is 1. The Labute approximate surface area is 131 Å². The van der Waals surface area contributed by atoms with E-state index in [0.717, 1.165) is 31.9 Å². The van der Waals surface area contributed by atoms with E-state index >= 15 is 0 Å². The number of carbonyl (C=O) groups is 1. The molecular formula is C16H24N4O2. The van der Waals surface area contributed by atoms with Crippen LogP contribution in [0.4, 0.5) is 0 Å². The number of pyridine rings is 1. The van der Waals surface area contributed by atoms with Gasteiger partial charge in [0.2, 0.25) is 5.91 Å². The molecule has 2 fully saturated rings. The number of aromatic nitrogens is 1. The number of likely N-dealkylation sites (N-methyl/N-ethyl adjacent to an activating group) is 1. The molecule has 3 heterocycles. The number of ether oxygens (including phenoxy) is 1. The molecule has 0 spiro atoms. The van der Waals surface area contributed by atoms with Crippen molar-refractivity contribution in [1.29, 1.82) is 0 Å². The molecule has 2 saturated heterocycles. The average Bonchev–Trinajstić information content (AvgIpc) is 2.97. The van der Waals surface area contributed by atoms with Crippen molar-refractivity contribution < 1.29 is 9.53 Å². The predicted molar refractivity (Wildman–Crippen MR) is 83.5 cm³/mol. The smallest absolute Gasteiger partial charge is 0.226 e. The summed E-state index contributed by atoms with van der Waals surface area (Å²) in [5.41, 5.74) is 0.801. The number of rotatable bonds is 4. The zero-order valence-corrected chi connectivity index (χ0v) is 13.1. The quantitative estimate of drug-likeness (QED) is 0.832. The van der Waals surface area contributed by atoms with Crippen molar-refractivity contribution >= 4 is 5.91 Å². The fourth-order valence-electron chi connectivity index (χ4n) is 3.12. The van der Waals surface area contributed by atoms with Gasteiger partial charge in [-0.3, -0.25) is 14.7 Å². The molecule has 2 aliphatic heterocycles. The molecule has 1 amide bonds. The van der Waals surface area contributed by atoms with E-state index in [1.54, 1.807) is 6.20 Å². The van der Waals surface area contributed by atoms with Crippen LogP contribution in [0.2, 0.25) is 0 Å². The minimum absolute atomic E-state index is 0.0216. The van der Waals surface area contributed by atoms with Crippen LogP contribution in [0, 0.1) is 0 Å². The lowest BCUT2D eigenvalue weighted by Gasteiger charge is -2.38. The third kappa shape index (κ3) is 3.82. The number of nitrogens with zero attached hydrogens (tertiary/aromatic N) is 3. The number of hydrogen-bond donors (Lipinski definition) is 1. The summed E-state index contributed by atoms with van der Waals surface area (Å²) in [5, 5.41) is 3.13. The van der Waals surface area contributed by atoms with E-state index in [2.05, 4.69) is 27.1 Å². The molecule has 2 aliphatic rings. The van der Waals surface area contributed by atoms with Crippen LogP contribution in [-0.2, 0) is 16.0 Å². The summed E-state index contributed by atoms with van der Waals surface area (Å²) in [5.74, 6) is 0.0216. The first-order valence-electron chi connectivity index (χ1n) is 7.92. The lowest BCUT2D eigenvalue weighted by Crippen LogP contribution is -2.56. The molecule has 0 bridgehead atoms. The van der Waals surface area contributed by atoms with Gasteiger partial charge >= 0.3 is 0 Å². The second-order valence-corrected chi connectivity index (χ2v) is 6.12. The number of nitrogens with one attached hydrogen (secondary N) is 1. The molecule has 2 atom stereocenters. The summed E-state index contributed by atoms with van der Waals surface area (Å²) in [6.45, 7) is 5.54. The first-order valence-corrected chi connectivity index (χ1v) is 7.92. The van der Waals surface area contributed by atoms with Crippen LogP contribution in [0.3, 0.4) is 0 Å². The highest BCUT2D eigenvalue weighted by Gasteiger charge is 2.35. The molecule has 1 N–H and O–H groups in total. The van der Waals surface area contributed by atoms with Gasteiger partial charge in [-0.05, 0) is 19.2 Å². The monoisotopic (exact) mass is 304 g/mol. The van der Waals surface area contributed by atoms with Crippen LogP contribution in [0.1, 0.15) is 5.69 Å². The molecule has 0 saturated carbocycles. The molecule has 1 aromatic rings. The van der Waals surface area contributed by atoms with Crippen LogP contribution in [0.15, 0.2) is 24.4 Å². The van der Waals surface area contributed by atoms with Crippen molar-refractivity contribution in [3.63, 3.8) is 0 Å². The highest BCUT2D eigenvalue weighted by Crippen LogP contribution is 2.15. The van der Waals surface area contributed by atoms with Crippen LogP contribution in [0.25, 0.3) is 0 Å². The summed E-state index contributed by atoms with van der Waals surface area (Å²) in [6.07, 6.45) is 2.04. The van der Waals surface area contributed by atoms with Gasteiger partial charge < -0.3 is 15.0 Å². The van der Waals surface area contributed by atoms with Gasteiger partial charge in [0.15, 0.2) is 0 Å². The summed E-state index contributed by atoms with van der Waals surface area (Å²) >= 11 is 0. The topological polar surface area (TPSA) is 57.7 Å². The minimum atomic E-state index is 0.0216. The van der Waals surface area contributed by atoms with Gasteiger partial charge in [-0.1, -0.05) is 6.07 Å². The van der Waals surface area contributed by atoms with Gasteiger partial charge in [0.25, 0.3) is 0 Å². The summed E-state index contributed by atoms with van der Waals surface area (Å²) in [7, 11) is 2.15. The van der Waals surface area contributed by atoms with Crippen LogP contribution in [-0.4, -0.2) is 79.2 Å². The number of amides is 1. The normalized spacial score (nSPS) is 27.0. The Morgan fingerprint density at radius 1 is 1.32 bits per heavy atom. The molecule has 0 aliphatic carbocycles. The van der Waals surface area contributed by atoms with Crippen molar-refractivity contribution in [3.05, 3.63) is 30.1 Å². The molecule has 0 aromatic carbocycles. The molecule has 6 nitrogen and oxygen atoms in total. The summed E-state index contributed by atoms with van der Waals surface area (Å²) in [6, 6.07) is 6.01. The molecule has 0 radical (unpaired) electrons. The fourth-order valence-corrected chi connectivity index (χ4v) is 3.12. The van der Waals surface area contributed by atoms with Crippen molar-refractivity contribution in [2.45, 2.75) is 18.5 Å². The van der Waals surface area contributed by atoms with Crippen molar-refractivity contribution in [1.82, 2.24) is 20.1 Å². The largest absolute Gasteiger partial charge is 0.378 e. The van der Waals surface area contributed by atoms with Gasteiger partial charge in [0.1, 0.15) is 0 Å². The third-order valence-corrected chi connectivity index (χ3v) is 4.47. The van der Waals surface area contributed by atoms with Crippen LogP contribution < -0.4 is 5.32 Å².